The van der Waals surface area contributed by atoms with E-state index < -0.39 is 0 Å². The molecule has 0 fully saturated rings. The molecule has 0 saturated heterocycles. The van der Waals surface area contributed by atoms with Crippen molar-refractivity contribution < 1.29 is 19.5 Å². The van der Waals surface area contributed by atoms with Gasteiger partial charge in [-0.3, -0.25) is 19.3 Å². The van der Waals surface area contributed by atoms with Crippen LogP contribution in [0.25, 0.3) is 0 Å². The van der Waals surface area contributed by atoms with Crippen LogP contribution in [0, 0.1) is 0 Å². The van der Waals surface area contributed by atoms with E-state index in [0.29, 0.717) is 35.6 Å². The van der Waals surface area contributed by atoms with Gasteiger partial charge in [-0.05, 0) is 24.1 Å². The van der Waals surface area contributed by atoms with Gasteiger partial charge in [-0.25, -0.2) is 0 Å². The van der Waals surface area contributed by atoms with E-state index in [0.717, 1.165) is 16.1 Å². The molecule has 3 amide bonds. The first-order valence-corrected chi connectivity index (χ1v) is 10.6. The van der Waals surface area contributed by atoms with Gasteiger partial charge in [-0.2, -0.15) is 0 Å². The highest BCUT2D eigenvalue weighted by Crippen LogP contribution is 2.41. The summed E-state index contributed by atoms with van der Waals surface area (Å²) in [6.07, 6.45) is 0.551. The minimum Gasteiger partial charge on any atom is -0.395 e. The number of aliphatic hydroxyl groups excluding tert-OH is 1. The van der Waals surface area contributed by atoms with E-state index in [1.807, 2.05) is 18.2 Å². The summed E-state index contributed by atoms with van der Waals surface area (Å²) in [6, 6.07) is 7.38. The Labute approximate surface area is 178 Å². The molecule has 158 valence electrons. The minimum absolute atomic E-state index is 0.0135. The summed E-state index contributed by atoms with van der Waals surface area (Å²) in [5.41, 5.74) is 2.83. The van der Waals surface area contributed by atoms with E-state index >= 15 is 0 Å². The number of β-amino-alcohol motifs (C(OH)–C–C–N with tert-alkyl or cyclic N) is 1. The number of anilines is 2. The number of nitrogens with one attached hydrogen (secondary N) is 1. The fraction of sp³-hybridized carbons (Fsp3) is 0.381. The van der Waals surface area contributed by atoms with E-state index in [1.54, 1.807) is 25.1 Å². The fourth-order valence-corrected chi connectivity index (χ4v) is 5.42. The summed E-state index contributed by atoms with van der Waals surface area (Å²) in [7, 11) is 3.40. The maximum absolute atomic E-state index is 13.1. The van der Waals surface area contributed by atoms with Crippen LogP contribution in [-0.4, -0.2) is 73.0 Å². The lowest BCUT2D eigenvalue weighted by Crippen LogP contribution is -2.39. The molecular weight excluding hydrogens is 404 g/mol. The smallest absolute Gasteiger partial charge is 0.257 e. The summed E-state index contributed by atoms with van der Waals surface area (Å²) >= 11 is 1.37. The third-order valence-corrected chi connectivity index (χ3v) is 6.79. The van der Waals surface area contributed by atoms with Crippen LogP contribution in [0.1, 0.15) is 31.2 Å². The van der Waals surface area contributed by atoms with Crippen LogP contribution in [0.4, 0.5) is 10.7 Å². The lowest BCUT2D eigenvalue weighted by Gasteiger charge is -2.28. The third-order valence-electron chi connectivity index (χ3n) is 5.56. The first kappa shape index (κ1) is 20.4. The standard InChI is InChI=1S/C21H24N4O4S/c1-22-15-6-4-3-5-13(15)19(28)24-8-7-14-16(11-24)30-21-18(14)20(29)23(2)12-17(27)25(21)9-10-26/h3-6,22,26H,7-12H2,1-2H3. The highest BCUT2D eigenvalue weighted by molar-refractivity contribution is 7.17. The molecule has 0 spiro atoms. The molecule has 1 aromatic carbocycles. The number of fused-ring (bicyclic) bond motifs is 3. The molecule has 0 aliphatic carbocycles. The Bertz CT molecular complexity index is 1020. The van der Waals surface area contributed by atoms with Gasteiger partial charge in [0, 0.05) is 37.7 Å². The largest absolute Gasteiger partial charge is 0.395 e. The van der Waals surface area contributed by atoms with Crippen LogP contribution in [0.5, 0.6) is 0 Å². The van der Waals surface area contributed by atoms with Gasteiger partial charge in [0.15, 0.2) is 0 Å². The number of benzene rings is 1. The van der Waals surface area contributed by atoms with Crippen LogP contribution in [0.2, 0.25) is 0 Å². The highest BCUT2D eigenvalue weighted by atomic mass is 32.1. The molecule has 0 atom stereocenters. The number of likely N-dealkylation sites (N-methyl/N-ethyl adjacent to an activating group) is 1. The van der Waals surface area contributed by atoms with Gasteiger partial charge >= 0.3 is 0 Å². The second-order valence-electron chi connectivity index (χ2n) is 7.39. The highest BCUT2D eigenvalue weighted by Gasteiger charge is 2.37. The van der Waals surface area contributed by atoms with Gasteiger partial charge in [-0.1, -0.05) is 12.1 Å². The molecular formula is C21H24N4O4S. The molecule has 8 nitrogen and oxygen atoms in total. The topological polar surface area (TPSA) is 93.2 Å². The molecule has 0 saturated carbocycles. The number of hydrogen-bond acceptors (Lipinski definition) is 6. The second-order valence-corrected chi connectivity index (χ2v) is 8.47. The van der Waals surface area contributed by atoms with E-state index in [4.69, 9.17) is 0 Å². The number of aliphatic hydroxyl groups is 1. The maximum atomic E-state index is 13.1. The van der Waals surface area contributed by atoms with Gasteiger partial charge < -0.3 is 20.2 Å². The van der Waals surface area contributed by atoms with E-state index in [-0.39, 0.29) is 37.4 Å². The third kappa shape index (κ3) is 3.33. The average molecular weight is 429 g/mol. The van der Waals surface area contributed by atoms with Crippen LogP contribution < -0.4 is 10.2 Å². The molecule has 4 rings (SSSR count). The predicted molar refractivity (Wildman–Crippen MR) is 115 cm³/mol. The van der Waals surface area contributed by atoms with Crippen molar-refractivity contribution in [3.63, 3.8) is 0 Å². The van der Waals surface area contributed by atoms with Gasteiger partial charge in [0.05, 0.1) is 24.3 Å². The molecule has 2 aliphatic rings. The van der Waals surface area contributed by atoms with Gasteiger partial charge in [0.25, 0.3) is 11.8 Å². The van der Waals surface area contributed by atoms with E-state index in [9.17, 15) is 19.5 Å². The van der Waals surface area contributed by atoms with Crippen molar-refractivity contribution >= 4 is 39.7 Å². The zero-order valence-corrected chi connectivity index (χ0v) is 17.8. The number of carbonyl (C=O) groups is 3. The van der Waals surface area contributed by atoms with Crippen molar-refractivity contribution in [1.82, 2.24) is 9.80 Å². The monoisotopic (exact) mass is 428 g/mol. The molecule has 2 aromatic rings. The first-order chi connectivity index (χ1) is 14.5. The van der Waals surface area contributed by atoms with Crippen molar-refractivity contribution in [2.45, 2.75) is 13.0 Å². The number of hydrogen-bond donors (Lipinski definition) is 2. The maximum Gasteiger partial charge on any atom is 0.257 e. The first-order valence-electron chi connectivity index (χ1n) is 9.83. The molecule has 9 heteroatoms. The lowest BCUT2D eigenvalue weighted by molar-refractivity contribution is -0.119. The molecule has 3 heterocycles. The average Bonchev–Trinajstić information content (AvgIpc) is 3.10. The van der Waals surface area contributed by atoms with E-state index in [1.165, 1.54) is 21.1 Å². The van der Waals surface area contributed by atoms with Crippen molar-refractivity contribution in [2.75, 3.05) is 50.6 Å². The molecule has 30 heavy (non-hydrogen) atoms. The number of thiophene rings is 1. The second kappa shape index (κ2) is 8.08. The van der Waals surface area contributed by atoms with Gasteiger partial charge in [0.2, 0.25) is 5.91 Å². The van der Waals surface area contributed by atoms with Crippen molar-refractivity contribution in [1.29, 1.82) is 0 Å². The Balaban J connectivity index is 1.70. The number of rotatable bonds is 4. The Morgan fingerprint density at radius 1 is 1.23 bits per heavy atom. The Hall–Kier alpha value is -2.91. The summed E-state index contributed by atoms with van der Waals surface area (Å²) in [6.45, 7) is 0.835. The molecule has 0 bridgehead atoms. The molecule has 0 unspecified atom stereocenters. The Morgan fingerprint density at radius 2 is 2.00 bits per heavy atom. The van der Waals surface area contributed by atoms with Crippen LogP contribution in [0.15, 0.2) is 24.3 Å². The van der Waals surface area contributed by atoms with Crippen LogP contribution in [-0.2, 0) is 17.8 Å². The normalized spacial score (nSPS) is 16.3. The summed E-state index contributed by atoms with van der Waals surface area (Å²) in [4.78, 5) is 44.4. The van der Waals surface area contributed by atoms with Crippen molar-refractivity contribution in [3.05, 3.63) is 45.8 Å². The number of para-hydroxylation sites is 1. The zero-order valence-electron chi connectivity index (χ0n) is 17.0. The van der Waals surface area contributed by atoms with Gasteiger partial charge in [-0.15, -0.1) is 11.3 Å². The molecule has 2 aliphatic heterocycles. The molecule has 1 aromatic heterocycles. The lowest BCUT2D eigenvalue weighted by atomic mass is 10.0. The van der Waals surface area contributed by atoms with Gasteiger partial charge in [0.1, 0.15) is 11.5 Å². The minimum atomic E-state index is -0.215. The van der Waals surface area contributed by atoms with Crippen LogP contribution in [0.3, 0.4) is 0 Å². The Kier molecular flexibility index (Phi) is 5.48. The Morgan fingerprint density at radius 3 is 2.73 bits per heavy atom. The number of carbonyl (C=O) groups excluding carboxylic acids is 3. The predicted octanol–water partition coefficient (Wildman–Crippen LogP) is 1.40. The summed E-state index contributed by atoms with van der Waals surface area (Å²) in [5.74, 6) is -0.467. The van der Waals surface area contributed by atoms with E-state index in [2.05, 4.69) is 5.32 Å². The quantitative estimate of drug-likeness (QED) is 0.768. The van der Waals surface area contributed by atoms with Crippen LogP contribution >= 0.6 is 11.3 Å². The fourth-order valence-electron chi connectivity index (χ4n) is 4.02. The SMILES string of the molecule is CNc1ccccc1C(=O)N1CCc2c(sc3c2C(=O)N(C)CC(=O)N3CCO)C1. The number of nitrogens with zero attached hydrogens (tertiary/aromatic N) is 3. The zero-order chi connectivity index (χ0) is 21.4. The van der Waals surface area contributed by atoms with Crippen molar-refractivity contribution in [2.24, 2.45) is 0 Å². The summed E-state index contributed by atoms with van der Waals surface area (Å²) < 4.78 is 0. The van der Waals surface area contributed by atoms with Crippen molar-refractivity contribution in [3.8, 4) is 0 Å². The molecule has 0 radical (unpaired) electrons. The molecule has 2 N–H and O–H groups in total. The summed E-state index contributed by atoms with van der Waals surface area (Å²) in [5, 5.41) is 13.1. The number of amides is 3.